The van der Waals surface area contributed by atoms with Gasteiger partial charge in [0, 0.05) is 25.4 Å². The molecule has 0 fully saturated rings. The average Bonchev–Trinajstić information content (AvgIpc) is 2.68. The molecule has 0 unspecified atom stereocenters. The van der Waals surface area contributed by atoms with Crippen molar-refractivity contribution in [3.05, 3.63) is 11.6 Å². The molecule has 1 aliphatic heterocycles. The van der Waals surface area contributed by atoms with E-state index in [1.165, 1.54) is 24.5 Å². The first-order chi connectivity index (χ1) is 7.77. The third-order valence-corrected chi connectivity index (χ3v) is 3.07. The van der Waals surface area contributed by atoms with Crippen molar-refractivity contribution in [2.45, 2.75) is 58.5 Å². The lowest BCUT2D eigenvalue weighted by Crippen LogP contribution is -2.24. The topological polar surface area (TPSA) is 42.7 Å². The number of aryl methyl sites for hydroxylation is 2. The highest BCUT2D eigenvalue weighted by atomic mass is 15.3. The maximum atomic E-state index is 4.30. The van der Waals surface area contributed by atoms with Gasteiger partial charge in [0.2, 0.25) is 0 Å². The summed E-state index contributed by atoms with van der Waals surface area (Å²) in [6, 6.07) is 0.576. The van der Waals surface area contributed by atoms with Crippen LogP contribution >= 0.6 is 0 Å². The van der Waals surface area contributed by atoms with Crippen molar-refractivity contribution in [3.8, 4) is 0 Å². The van der Waals surface area contributed by atoms with Crippen LogP contribution in [0.2, 0.25) is 0 Å². The van der Waals surface area contributed by atoms with Crippen LogP contribution in [0.25, 0.3) is 0 Å². The summed E-state index contributed by atoms with van der Waals surface area (Å²) in [6.45, 7) is 6.55. The second kappa shape index (κ2) is 5.43. The Labute approximate surface area is 97.5 Å². The van der Waals surface area contributed by atoms with Crippen molar-refractivity contribution in [3.63, 3.8) is 0 Å². The molecule has 0 aliphatic carbocycles. The average molecular weight is 222 g/mol. The number of fused-ring (bicyclic) bond motifs is 1. The van der Waals surface area contributed by atoms with E-state index in [2.05, 4.69) is 33.9 Å². The summed E-state index contributed by atoms with van der Waals surface area (Å²) >= 11 is 0. The van der Waals surface area contributed by atoms with E-state index in [-0.39, 0.29) is 0 Å². The van der Waals surface area contributed by atoms with Gasteiger partial charge in [-0.3, -0.25) is 0 Å². The van der Waals surface area contributed by atoms with Gasteiger partial charge >= 0.3 is 0 Å². The van der Waals surface area contributed by atoms with Gasteiger partial charge in [0.1, 0.15) is 11.6 Å². The van der Waals surface area contributed by atoms with Crippen LogP contribution in [0.1, 0.15) is 44.8 Å². The molecule has 0 saturated heterocycles. The fourth-order valence-corrected chi connectivity index (χ4v) is 2.19. The van der Waals surface area contributed by atoms with Gasteiger partial charge in [-0.15, -0.1) is 10.2 Å². The molecule has 1 aliphatic rings. The Kier molecular flexibility index (Phi) is 3.93. The van der Waals surface area contributed by atoms with E-state index in [1.54, 1.807) is 0 Å². The van der Waals surface area contributed by atoms with E-state index in [9.17, 15) is 0 Å². The Bertz CT molecular complexity index is 330. The van der Waals surface area contributed by atoms with Crippen molar-refractivity contribution in [2.75, 3.05) is 6.54 Å². The molecule has 16 heavy (non-hydrogen) atoms. The van der Waals surface area contributed by atoms with E-state index >= 15 is 0 Å². The first kappa shape index (κ1) is 11.6. The number of hydrogen-bond donors (Lipinski definition) is 1. The number of nitrogens with one attached hydrogen (secondary N) is 1. The SMILES string of the molecule is CC(C)NCCCc1nnc2n1CCCC2. The van der Waals surface area contributed by atoms with Gasteiger partial charge in [-0.2, -0.15) is 0 Å². The Morgan fingerprint density at radius 1 is 1.31 bits per heavy atom. The van der Waals surface area contributed by atoms with Crippen molar-refractivity contribution >= 4 is 0 Å². The van der Waals surface area contributed by atoms with Gasteiger partial charge in [0.25, 0.3) is 0 Å². The van der Waals surface area contributed by atoms with Crippen LogP contribution in [0.5, 0.6) is 0 Å². The summed E-state index contributed by atoms with van der Waals surface area (Å²) in [5.41, 5.74) is 0. The predicted molar refractivity (Wildman–Crippen MR) is 64.4 cm³/mol. The van der Waals surface area contributed by atoms with Crippen LogP contribution in [0.3, 0.4) is 0 Å². The molecule has 90 valence electrons. The molecule has 0 bridgehead atoms. The summed E-state index contributed by atoms with van der Waals surface area (Å²) in [5.74, 6) is 2.37. The third kappa shape index (κ3) is 2.82. The van der Waals surface area contributed by atoms with E-state index in [4.69, 9.17) is 0 Å². The molecular weight excluding hydrogens is 200 g/mol. The van der Waals surface area contributed by atoms with Gasteiger partial charge < -0.3 is 9.88 Å². The maximum absolute atomic E-state index is 4.30. The molecule has 1 aromatic rings. The molecule has 1 N–H and O–H groups in total. The molecule has 0 spiro atoms. The first-order valence-electron chi connectivity index (χ1n) is 6.41. The van der Waals surface area contributed by atoms with Gasteiger partial charge in [-0.1, -0.05) is 13.8 Å². The third-order valence-electron chi connectivity index (χ3n) is 3.07. The summed E-state index contributed by atoms with van der Waals surface area (Å²) in [5, 5.41) is 12.0. The second-order valence-electron chi connectivity index (χ2n) is 4.85. The number of aromatic nitrogens is 3. The van der Waals surface area contributed by atoms with Crippen LogP contribution in [-0.4, -0.2) is 27.4 Å². The molecule has 0 aromatic carbocycles. The molecular formula is C12H22N4. The number of nitrogens with zero attached hydrogens (tertiary/aromatic N) is 3. The minimum Gasteiger partial charge on any atom is -0.315 e. The fourth-order valence-electron chi connectivity index (χ4n) is 2.19. The van der Waals surface area contributed by atoms with Crippen LogP contribution in [0.4, 0.5) is 0 Å². The largest absolute Gasteiger partial charge is 0.315 e. The Hall–Kier alpha value is -0.900. The van der Waals surface area contributed by atoms with Crippen molar-refractivity contribution < 1.29 is 0 Å². The fraction of sp³-hybridized carbons (Fsp3) is 0.833. The molecule has 0 amide bonds. The van der Waals surface area contributed by atoms with Gasteiger partial charge in [-0.25, -0.2) is 0 Å². The van der Waals surface area contributed by atoms with E-state index in [1.807, 2.05) is 0 Å². The van der Waals surface area contributed by atoms with Crippen LogP contribution < -0.4 is 5.32 Å². The molecule has 0 radical (unpaired) electrons. The lowest BCUT2D eigenvalue weighted by molar-refractivity contribution is 0.499. The quantitative estimate of drug-likeness (QED) is 0.769. The smallest absolute Gasteiger partial charge is 0.133 e. The Balaban J connectivity index is 1.83. The van der Waals surface area contributed by atoms with E-state index in [0.29, 0.717) is 6.04 Å². The normalized spacial score (nSPS) is 15.4. The molecule has 0 atom stereocenters. The molecule has 1 aromatic heterocycles. The Morgan fingerprint density at radius 2 is 2.19 bits per heavy atom. The van der Waals surface area contributed by atoms with E-state index < -0.39 is 0 Å². The molecule has 2 heterocycles. The molecule has 4 heteroatoms. The summed E-state index contributed by atoms with van der Waals surface area (Å²) in [4.78, 5) is 0. The zero-order chi connectivity index (χ0) is 11.4. The summed E-state index contributed by atoms with van der Waals surface area (Å²) < 4.78 is 2.32. The van der Waals surface area contributed by atoms with Crippen molar-refractivity contribution in [1.82, 2.24) is 20.1 Å². The Morgan fingerprint density at radius 3 is 3.00 bits per heavy atom. The zero-order valence-electron chi connectivity index (χ0n) is 10.4. The molecule has 4 nitrogen and oxygen atoms in total. The van der Waals surface area contributed by atoms with Crippen LogP contribution in [0.15, 0.2) is 0 Å². The maximum Gasteiger partial charge on any atom is 0.133 e. The second-order valence-corrected chi connectivity index (χ2v) is 4.85. The lowest BCUT2D eigenvalue weighted by Gasteiger charge is -2.14. The summed E-state index contributed by atoms with van der Waals surface area (Å²) in [7, 11) is 0. The number of rotatable bonds is 5. The van der Waals surface area contributed by atoms with Crippen molar-refractivity contribution in [2.24, 2.45) is 0 Å². The van der Waals surface area contributed by atoms with Gasteiger partial charge in [-0.05, 0) is 25.8 Å². The minimum absolute atomic E-state index is 0.576. The summed E-state index contributed by atoms with van der Waals surface area (Å²) in [6.07, 6.45) is 5.86. The molecule has 2 rings (SSSR count). The van der Waals surface area contributed by atoms with Gasteiger partial charge in [0.05, 0.1) is 0 Å². The minimum atomic E-state index is 0.576. The van der Waals surface area contributed by atoms with Gasteiger partial charge in [0.15, 0.2) is 0 Å². The predicted octanol–water partition coefficient (Wildman–Crippen LogP) is 1.54. The van der Waals surface area contributed by atoms with E-state index in [0.717, 1.165) is 32.4 Å². The van der Waals surface area contributed by atoms with Crippen molar-refractivity contribution in [1.29, 1.82) is 0 Å². The number of hydrogen-bond acceptors (Lipinski definition) is 3. The monoisotopic (exact) mass is 222 g/mol. The highest BCUT2D eigenvalue weighted by Crippen LogP contribution is 2.14. The highest BCUT2D eigenvalue weighted by molar-refractivity contribution is 4.98. The first-order valence-corrected chi connectivity index (χ1v) is 6.41. The van der Waals surface area contributed by atoms with Crippen LogP contribution in [-0.2, 0) is 19.4 Å². The standard InChI is InChI=1S/C12H22N4/c1-10(2)13-8-5-7-12-15-14-11-6-3-4-9-16(11)12/h10,13H,3-9H2,1-2H3. The zero-order valence-corrected chi connectivity index (χ0v) is 10.4. The van der Waals surface area contributed by atoms with Crippen LogP contribution in [0, 0.1) is 0 Å². The highest BCUT2D eigenvalue weighted by Gasteiger charge is 2.14. The lowest BCUT2D eigenvalue weighted by atomic mass is 10.1. The molecule has 0 saturated carbocycles.